The highest BCUT2D eigenvalue weighted by atomic mass is 16.6. The monoisotopic (exact) mass is 664 g/mol. The van der Waals surface area contributed by atoms with Crippen LogP contribution in [0, 0.1) is 23.7 Å². The van der Waals surface area contributed by atoms with E-state index in [-0.39, 0.29) is 30.6 Å². The van der Waals surface area contributed by atoms with Gasteiger partial charge in [-0.2, -0.15) is 0 Å². The van der Waals surface area contributed by atoms with Crippen LogP contribution in [0.4, 0.5) is 0 Å². The second kappa shape index (κ2) is 17.5. The molecule has 3 rings (SSSR count). The molecule has 1 aromatic heterocycles. The molecule has 264 valence electrons. The van der Waals surface area contributed by atoms with Crippen molar-refractivity contribution in [2.45, 2.75) is 98.6 Å². The SMILES string of the molecule is CCCCNC(=O)[C@H](C)C[C@H](O)[C@H](C[C@H](C(C)C)C(N)NC(=O)c1cn(Cc2ccccc2OC)c2ccccc12)C(=O)OC(C)(C)C. The number of benzene rings is 2. The van der Waals surface area contributed by atoms with Crippen molar-refractivity contribution in [2.24, 2.45) is 29.4 Å². The van der Waals surface area contributed by atoms with Crippen LogP contribution in [-0.4, -0.2) is 59.0 Å². The molecule has 2 aromatic carbocycles. The number of methoxy groups -OCH3 is 1. The van der Waals surface area contributed by atoms with Gasteiger partial charge < -0.3 is 35.5 Å². The number of aliphatic hydroxyl groups is 1. The first-order valence-corrected chi connectivity index (χ1v) is 17.1. The smallest absolute Gasteiger partial charge is 0.312 e. The third-order valence-corrected chi connectivity index (χ3v) is 8.75. The lowest BCUT2D eigenvalue weighted by molar-refractivity contribution is -0.166. The Balaban J connectivity index is 1.84. The van der Waals surface area contributed by atoms with Crippen molar-refractivity contribution in [3.63, 3.8) is 0 Å². The number of nitrogens with zero attached hydrogens (tertiary/aromatic N) is 1. The summed E-state index contributed by atoms with van der Waals surface area (Å²) in [6, 6.07) is 15.5. The van der Waals surface area contributed by atoms with E-state index in [0.717, 1.165) is 35.1 Å². The molecule has 0 aliphatic rings. The number of esters is 1. The molecule has 0 bridgehead atoms. The van der Waals surface area contributed by atoms with E-state index in [0.29, 0.717) is 18.7 Å². The van der Waals surface area contributed by atoms with Crippen molar-refractivity contribution in [1.29, 1.82) is 0 Å². The topological polar surface area (TPSA) is 145 Å². The zero-order valence-electron chi connectivity index (χ0n) is 29.9. The summed E-state index contributed by atoms with van der Waals surface area (Å²) in [4.78, 5) is 40.0. The minimum atomic E-state index is -1.15. The van der Waals surface area contributed by atoms with Crippen molar-refractivity contribution in [3.8, 4) is 5.75 Å². The second-order valence-electron chi connectivity index (χ2n) is 14.1. The maximum Gasteiger partial charge on any atom is 0.312 e. The summed E-state index contributed by atoms with van der Waals surface area (Å²) in [6.45, 7) is 14.1. The molecule has 0 aliphatic heterocycles. The van der Waals surface area contributed by atoms with Crippen molar-refractivity contribution in [1.82, 2.24) is 15.2 Å². The number of amides is 2. The van der Waals surface area contributed by atoms with Crippen LogP contribution in [0.15, 0.2) is 54.7 Å². The number of aliphatic hydroxyl groups excluding tert-OH is 1. The first kappa shape index (κ1) is 38.6. The normalized spacial score (nSPS) is 15.0. The first-order valence-electron chi connectivity index (χ1n) is 17.1. The van der Waals surface area contributed by atoms with Gasteiger partial charge >= 0.3 is 5.97 Å². The van der Waals surface area contributed by atoms with E-state index < -0.39 is 41.6 Å². The fourth-order valence-electron chi connectivity index (χ4n) is 6.02. The van der Waals surface area contributed by atoms with Crippen molar-refractivity contribution in [3.05, 3.63) is 65.9 Å². The Morgan fingerprint density at radius 2 is 1.67 bits per heavy atom. The molecule has 5 atom stereocenters. The highest BCUT2D eigenvalue weighted by Gasteiger charge is 2.38. The van der Waals surface area contributed by atoms with Gasteiger partial charge in [-0.15, -0.1) is 0 Å². The minimum Gasteiger partial charge on any atom is -0.496 e. The molecule has 10 heteroatoms. The van der Waals surface area contributed by atoms with Gasteiger partial charge in [0.1, 0.15) is 11.4 Å². The van der Waals surface area contributed by atoms with E-state index in [1.807, 2.05) is 80.1 Å². The van der Waals surface area contributed by atoms with E-state index >= 15 is 0 Å². The summed E-state index contributed by atoms with van der Waals surface area (Å²) >= 11 is 0. The molecule has 5 N–H and O–H groups in total. The Kier molecular flexibility index (Phi) is 14.0. The number of unbranched alkanes of at least 4 members (excludes halogenated alkanes) is 1. The number of para-hydroxylation sites is 2. The standard InChI is InChI=1S/C38H56N4O6/c1-9-10-19-40-35(44)25(4)20-32(43)29(37(46)48-38(5,6)7)21-28(24(2)3)34(39)41-36(45)30-23-42(31-17-13-12-16-27(30)31)22-26-15-11-14-18-33(26)47-8/h11-18,23-25,28-29,32,34,43H,9-10,19-22,39H2,1-8H3,(H,40,44)(H,41,45)/t25-,28-,29+,32+,34?/m1/s1. The van der Waals surface area contributed by atoms with Gasteiger partial charge in [0.2, 0.25) is 5.91 Å². The van der Waals surface area contributed by atoms with Gasteiger partial charge in [-0.05, 0) is 64.0 Å². The predicted molar refractivity (Wildman–Crippen MR) is 189 cm³/mol. The summed E-state index contributed by atoms with van der Waals surface area (Å²) in [5, 5.41) is 18.1. The molecule has 48 heavy (non-hydrogen) atoms. The third-order valence-electron chi connectivity index (χ3n) is 8.75. The summed E-state index contributed by atoms with van der Waals surface area (Å²) in [7, 11) is 1.64. The molecular weight excluding hydrogens is 608 g/mol. The number of hydrogen-bond acceptors (Lipinski definition) is 7. The second-order valence-corrected chi connectivity index (χ2v) is 14.1. The van der Waals surface area contributed by atoms with Crippen LogP contribution in [0.3, 0.4) is 0 Å². The van der Waals surface area contributed by atoms with Gasteiger partial charge in [-0.1, -0.05) is 70.5 Å². The predicted octanol–water partition coefficient (Wildman–Crippen LogP) is 5.64. The molecule has 0 fully saturated rings. The number of carbonyl (C=O) groups excluding carboxylic acids is 3. The van der Waals surface area contributed by atoms with Crippen LogP contribution < -0.4 is 21.1 Å². The van der Waals surface area contributed by atoms with E-state index in [1.165, 1.54) is 0 Å². The summed E-state index contributed by atoms with van der Waals surface area (Å²) in [6.07, 6.45) is 1.91. The number of hydrogen-bond donors (Lipinski definition) is 4. The molecule has 0 radical (unpaired) electrons. The molecule has 1 unspecified atom stereocenters. The maximum absolute atomic E-state index is 13.8. The highest BCUT2D eigenvalue weighted by molar-refractivity contribution is 6.07. The Labute approximate surface area is 285 Å². The van der Waals surface area contributed by atoms with Crippen LogP contribution >= 0.6 is 0 Å². The molecule has 0 saturated carbocycles. The number of fused-ring (bicyclic) bond motifs is 1. The minimum absolute atomic E-state index is 0.0564. The lowest BCUT2D eigenvalue weighted by atomic mass is 9.80. The number of carbonyl (C=O) groups is 3. The van der Waals surface area contributed by atoms with Crippen LogP contribution in [0.1, 0.15) is 90.1 Å². The van der Waals surface area contributed by atoms with Gasteiger partial charge in [0.15, 0.2) is 0 Å². The lowest BCUT2D eigenvalue weighted by Crippen LogP contribution is -2.50. The Morgan fingerprint density at radius 1 is 1.00 bits per heavy atom. The number of nitrogens with two attached hydrogens (primary N) is 1. The fraction of sp³-hybridized carbons (Fsp3) is 0.553. The molecule has 0 aliphatic carbocycles. The number of rotatable bonds is 17. The molecule has 1 heterocycles. The van der Waals surface area contributed by atoms with Crippen molar-refractivity contribution >= 4 is 28.7 Å². The Morgan fingerprint density at radius 3 is 2.31 bits per heavy atom. The van der Waals surface area contributed by atoms with Crippen LogP contribution in [-0.2, 0) is 20.9 Å². The van der Waals surface area contributed by atoms with Crippen LogP contribution in [0.5, 0.6) is 5.75 Å². The molecule has 2 amide bonds. The molecule has 0 saturated heterocycles. The number of aromatic nitrogens is 1. The van der Waals surface area contributed by atoms with Crippen LogP contribution in [0.25, 0.3) is 10.9 Å². The van der Waals surface area contributed by atoms with E-state index in [4.69, 9.17) is 15.2 Å². The molecule has 3 aromatic rings. The molecular formula is C38H56N4O6. The molecule has 10 nitrogen and oxygen atoms in total. The van der Waals surface area contributed by atoms with E-state index in [2.05, 4.69) is 10.6 Å². The maximum atomic E-state index is 13.8. The van der Waals surface area contributed by atoms with Gasteiger partial charge in [0.25, 0.3) is 5.91 Å². The lowest BCUT2D eigenvalue weighted by Gasteiger charge is -2.34. The van der Waals surface area contributed by atoms with Gasteiger partial charge in [-0.25, -0.2) is 0 Å². The van der Waals surface area contributed by atoms with Gasteiger partial charge in [-0.3, -0.25) is 14.4 Å². The van der Waals surface area contributed by atoms with Crippen molar-refractivity contribution in [2.75, 3.05) is 13.7 Å². The van der Waals surface area contributed by atoms with E-state index in [1.54, 1.807) is 34.8 Å². The number of nitrogens with one attached hydrogen (secondary N) is 2. The van der Waals surface area contributed by atoms with Crippen molar-refractivity contribution < 1.29 is 29.0 Å². The number of ether oxygens (including phenoxy) is 2. The fourth-order valence-corrected chi connectivity index (χ4v) is 6.02. The quantitative estimate of drug-likeness (QED) is 0.0831. The first-order chi connectivity index (χ1) is 22.7. The Bertz CT molecular complexity index is 1510. The summed E-state index contributed by atoms with van der Waals surface area (Å²) in [5.41, 5.74) is 8.28. The summed E-state index contributed by atoms with van der Waals surface area (Å²) in [5.74, 6) is -2.21. The van der Waals surface area contributed by atoms with Crippen LogP contribution in [0.2, 0.25) is 0 Å². The third kappa shape index (κ3) is 10.6. The van der Waals surface area contributed by atoms with Gasteiger partial charge in [0.05, 0.1) is 37.4 Å². The highest BCUT2D eigenvalue weighted by Crippen LogP contribution is 2.30. The van der Waals surface area contributed by atoms with E-state index in [9.17, 15) is 19.5 Å². The largest absolute Gasteiger partial charge is 0.496 e. The summed E-state index contributed by atoms with van der Waals surface area (Å²) < 4.78 is 13.3. The Hall–Kier alpha value is -3.89. The zero-order chi connectivity index (χ0) is 35.6. The average Bonchev–Trinajstić information content (AvgIpc) is 3.38. The van der Waals surface area contributed by atoms with Gasteiger partial charge in [0, 0.05) is 35.1 Å². The molecule has 0 spiro atoms. The zero-order valence-corrected chi connectivity index (χ0v) is 29.9. The average molecular weight is 665 g/mol.